The molecule has 1 aliphatic rings. The lowest BCUT2D eigenvalue weighted by molar-refractivity contribution is 0.271. The molecule has 17 heavy (non-hydrogen) atoms. The van der Waals surface area contributed by atoms with Crippen molar-refractivity contribution in [1.29, 1.82) is 0 Å². The van der Waals surface area contributed by atoms with E-state index >= 15 is 0 Å². The van der Waals surface area contributed by atoms with E-state index in [1.165, 1.54) is 12.8 Å². The molecule has 0 saturated heterocycles. The zero-order valence-corrected chi connectivity index (χ0v) is 11.8. The van der Waals surface area contributed by atoms with Crippen molar-refractivity contribution in [3.63, 3.8) is 0 Å². The Morgan fingerprint density at radius 2 is 2.24 bits per heavy atom. The summed E-state index contributed by atoms with van der Waals surface area (Å²) in [4.78, 5) is 4.37. The van der Waals surface area contributed by atoms with Gasteiger partial charge in [-0.3, -0.25) is 0 Å². The van der Waals surface area contributed by atoms with Crippen molar-refractivity contribution < 1.29 is 0 Å². The van der Waals surface area contributed by atoms with Gasteiger partial charge in [-0.1, -0.05) is 6.92 Å². The molecule has 1 saturated carbocycles. The molecule has 1 aromatic rings. The van der Waals surface area contributed by atoms with Crippen LogP contribution < -0.4 is 11.1 Å². The molecule has 0 spiro atoms. The predicted molar refractivity (Wildman–Crippen MR) is 75.0 cm³/mol. The van der Waals surface area contributed by atoms with Crippen LogP contribution in [0.1, 0.15) is 32.6 Å². The van der Waals surface area contributed by atoms with Gasteiger partial charge in [0.15, 0.2) is 0 Å². The van der Waals surface area contributed by atoms with Gasteiger partial charge in [-0.25, -0.2) is 4.98 Å². The van der Waals surface area contributed by atoms with Crippen molar-refractivity contribution in [3.8, 4) is 0 Å². The molecular formula is C13H20BrN3. The maximum atomic E-state index is 5.98. The van der Waals surface area contributed by atoms with Crippen LogP contribution in [0.25, 0.3) is 0 Å². The molecule has 1 heterocycles. The molecule has 94 valence electrons. The molecule has 3 nitrogen and oxygen atoms in total. The van der Waals surface area contributed by atoms with Gasteiger partial charge in [0.25, 0.3) is 0 Å². The van der Waals surface area contributed by atoms with Crippen LogP contribution in [0, 0.1) is 5.92 Å². The first kappa shape index (κ1) is 12.8. The zero-order valence-electron chi connectivity index (χ0n) is 10.2. The van der Waals surface area contributed by atoms with Gasteiger partial charge in [0, 0.05) is 12.7 Å². The van der Waals surface area contributed by atoms with Gasteiger partial charge in [0.2, 0.25) is 0 Å². The molecule has 3 N–H and O–H groups in total. The number of pyridine rings is 1. The van der Waals surface area contributed by atoms with Crippen LogP contribution in [0.2, 0.25) is 0 Å². The lowest BCUT2D eigenvalue weighted by Crippen LogP contribution is -2.48. The van der Waals surface area contributed by atoms with Crippen LogP contribution in [0.3, 0.4) is 0 Å². The van der Waals surface area contributed by atoms with Gasteiger partial charge >= 0.3 is 0 Å². The number of nitrogens with zero attached hydrogens (tertiary/aromatic N) is 1. The molecule has 0 amide bonds. The summed E-state index contributed by atoms with van der Waals surface area (Å²) < 4.78 is 1.01. The smallest absolute Gasteiger partial charge is 0.140 e. The average molecular weight is 298 g/mol. The van der Waals surface area contributed by atoms with Gasteiger partial charge < -0.3 is 11.1 Å². The fraction of sp³-hybridized carbons (Fsp3) is 0.615. The Hall–Kier alpha value is -0.610. The third-order valence-electron chi connectivity index (χ3n) is 3.76. The van der Waals surface area contributed by atoms with E-state index in [9.17, 15) is 0 Å². The van der Waals surface area contributed by atoms with Gasteiger partial charge in [-0.2, -0.15) is 0 Å². The zero-order chi connectivity index (χ0) is 12.3. The Morgan fingerprint density at radius 1 is 1.53 bits per heavy atom. The fourth-order valence-corrected chi connectivity index (χ4v) is 2.78. The van der Waals surface area contributed by atoms with E-state index in [2.05, 4.69) is 33.2 Å². The first-order chi connectivity index (χ1) is 8.15. The summed E-state index contributed by atoms with van der Waals surface area (Å²) >= 11 is 3.52. The number of halogens is 1. The lowest BCUT2D eigenvalue weighted by atomic mass is 9.77. The first-order valence-electron chi connectivity index (χ1n) is 6.24. The number of anilines is 1. The molecule has 1 aliphatic carbocycles. The number of hydrogen-bond acceptors (Lipinski definition) is 3. The highest BCUT2D eigenvalue weighted by Gasteiger charge is 2.33. The van der Waals surface area contributed by atoms with E-state index in [0.717, 1.165) is 29.1 Å². The minimum absolute atomic E-state index is 0.0311. The Balaban J connectivity index is 2.12. The van der Waals surface area contributed by atoms with Crippen molar-refractivity contribution in [2.24, 2.45) is 11.7 Å². The predicted octanol–water partition coefficient (Wildman–Crippen LogP) is 3.16. The molecule has 2 rings (SSSR count). The number of aromatic nitrogens is 1. The molecule has 0 atom stereocenters. The summed E-state index contributed by atoms with van der Waals surface area (Å²) in [5.74, 6) is 1.73. The number of rotatable bonds is 3. The Kier molecular flexibility index (Phi) is 4.05. The Morgan fingerprint density at radius 3 is 2.82 bits per heavy atom. The molecular weight excluding hydrogens is 278 g/mol. The van der Waals surface area contributed by atoms with Crippen molar-refractivity contribution >= 4 is 21.7 Å². The lowest BCUT2D eigenvalue weighted by Gasteiger charge is -2.39. The van der Waals surface area contributed by atoms with Crippen LogP contribution in [0.15, 0.2) is 22.8 Å². The minimum atomic E-state index is 0.0311. The van der Waals surface area contributed by atoms with Crippen LogP contribution in [0.4, 0.5) is 5.82 Å². The van der Waals surface area contributed by atoms with E-state index in [-0.39, 0.29) is 5.54 Å². The largest absolute Gasteiger partial charge is 0.362 e. The number of nitrogens with one attached hydrogen (secondary N) is 1. The summed E-state index contributed by atoms with van der Waals surface area (Å²) in [6.07, 6.45) is 6.56. The molecule has 0 aliphatic heterocycles. The monoisotopic (exact) mass is 297 g/mol. The maximum Gasteiger partial charge on any atom is 0.140 e. The number of nitrogens with two attached hydrogens (primary N) is 1. The minimum Gasteiger partial charge on any atom is -0.362 e. The maximum absolute atomic E-state index is 5.98. The van der Waals surface area contributed by atoms with Gasteiger partial charge in [-0.15, -0.1) is 0 Å². The van der Waals surface area contributed by atoms with E-state index in [1.807, 2.05) is 18.3 Å². The summed E-state index contributed by atoms with van der Waals surface area (Å²) in [6, 6.07) is 3.93. The molecule has 4 heteroatoms. The van der Waals surface area contributed by atoms with Crippen molar-refractivity contribution in [2.45, 2.75) is 38.1 Å². The second-order valence-corrected chi connectivity index (χ2v) is 5.98. The quantitative estimate of drug-likeness (QED) is 0.901. The van der Waals surface area contributed by atoms with E-state index in [4.69, 9.17) is 5.73 Å². The highest BCUT2D eigenvalue weighted by atomic mass is 79.9. The van der Waals surface area contributed by atoms with E-state index in [1.54, 1.807) is 0 Å². The van der Waals surface area contributed by atoms with Gasteiger partial charge in [0.05, 0.1) is 10.0 Å². The second kappa shape index (κ2) is 5.36. The first-order valence-corrected chi connectivity index (χ1v) is 7.03. The fourth-order valence-electron chi connectivity index (χ4n) is 2.42. The van der Waals surface area contributed by atoms with Crippen molar-refractivity contribution in [1.82, 2.24) is 4.98 Å². The van der Waals surface area contributed by atoms with Crippen LogP contribution >= 0.6 is 15.9 Å². The third kappa shape index (κ3) is 2.99. The standard InChI is InChI=1S/C13H20BrN3/c1-10-4-6-13(9-15,7-5-10)17-12-11(14)3-2-8-16-12/h2-3,8,10H,4-7,9,15H2,1H3,(H,16,17). The summed E-state index contributed by atoms with van der Waals surface area (Å²) in [7, 11) is 0. The Labute approximate surface area is 111 Å². The normalized spacial score (nSPS) is 29.0. The summed E-state index contributed by atoms with van der Waals surface area (Å²) in [6.45, 7) is 2.99. The third-order valence-corrected chi connectivity index (χ3v) is 4.40. The molecule has 0 bridgehead atoms. The molecule has 1 aromatic heterocycles. The van der Waals surface area contributed by atoms with E-state index in [0.29, 0.717) is 6.54 Å². The topological polar surface area (TPSA) is 50.9 Å². The van der Waals surface area contributed by atoms with Crippen LogP contribution in [0.5, 0.6) is 0 Å². The molecule has 0 unspecified atom stereocenters. The van der Waals surface area contributed by atoms with Crippen molar-refractivity contribution in [3.05, 3.63) is 22.8 Å². The highest BCUT2D eigenvalue weighted by molar-refractivity contribution is 9.10. The van der Waals surface area contributed by atoms with Gasteiger partial charge in [0.1, 0.15) is 5.82 Å². The molecule has 0 aromatic carbocycles. The molecule has 1 fully saturated rings. The highest BCUT2D eigenvalue weighted by Crippen LogP contribution is 2.34. The van der Waals surface area contributed by atoms with Crippen molar-refractivity contribution in [2.75, 3.05) is 11.9 Å². The summed E-state index contributed by atoms with van der Waals surface area (Å²) in [5, 5.41) is 3.55. The SMILES string of the molecule is CC1CCC(CN)(Nc2ncccc2Br)CC1. The van der Waals surface area contributed by atoms with Crippen LogP contribution in [-0.2, 0) is 0 Å². The van der Waals surface area contributed by atoms with E-state index < -0.39 is 0 Å². The molecule has 0 radical (unpaired) electrons. The second-order valence-electron chi connectivity index (χ2n) is 5.13. The summed E-state index contributed by atoms with van der Waals surface area (Å²) in [5.41, 5.74) is 6.01. The average Bonchev–Trinajstić information content (AvgIpc) is 2.35. The van der Waals surface area contributed by atoms with Gasteiger partial charge in [-0.05, 0) is 59.7 Å². The van der Waals surface area contributed by atoms with Crippen LogP contribution in [-0.4, -0.2) is 17.1 Å². The number of hydrogen-bond donors (Lipinski definition) is 2. The Bertz CT molecular complexity index is 373.